The van der Waals surface area contributed by atoms with Crippen LogP contribution < -0.4 is 10.7 Å². The van der Waals surface area contributed by atoms with Crippen LogP contribution >= 0.6 is 0 Å². The Hall–Kier alpha value is -3.09. The van der Waals surface area contributed by atoms with Crippen molar-refractivity contribution in [2.75, 3.05) is 5.32 Å². The number of amides is 2. The molecule has 0 saturated carbocycles. The summed E-state index contributed by atoms with van der Waals surface area (Å²) in [6, 6.07) is 9.87. The van der Waals surface area contributed by atoms with Crippen LogP contribution in [0, 0.1) is 11.6 Å². The molecule has 0 saturated heterocycles. The summed E-state index contributed by atoms with van der Waals surface area (Å²) in [5.41, 5.74) is 3.70. The molecule has 5 nitrogen and oxygen atoms in total. The van der Waals surface area contributed by atoms with E-state index in [0.29, 0.717) is 18.5 Å². The van der Waals surface area contributed by atoms with Crippen LogP contribution in [0.1, 0.15) is 28.8 Å². The van der Waals surface area contributed by atoms with E-state index in [1.165, 1.54) is 6.07 Å². The number of hydrogen-bond acceptors (Lipinski definition) is 3. The lowest BCUT2D eigenvalue weighted by atomic mass is 10.0. The number of carbonyl (C=O) groups is 2. The van der Waals surface area contributed by atoms with Crippen LogP contribution in [0.2, 0.25) is 0 Å². The molecule has 0 atom stereocenters. The number of carbonyl (C=O) groups excluding carboxylic acids is 2. The topological polar surface area (TPSA) is 70.6 Å². The third-order valence-corrected chi connectivity index (χ3v) is 3.57. The van der Waals surface area contributed by atoms with Gasteiger partial charge in [-0.15, -0.1) is 0 Å². The van der Waals surface area contributed by atoms with Crippen molar-refractivity contribution in [1.82, 2.24) is 5.43 Å². The monoisotopic (exact) mass is 329 g/mol. The highest BCUT2D eigenvalue weighted by Crippen LogP contribution is 2.17. The van der Waals surface area contributed by atoms with Crippen molar-refractivity contribution in [2.24, 2.45) is 5.10 Å². The molecule has 2 amide bonds. The number of nitrogens with zero attached hydrogens (tertiary/aromatic N) is 1. The van der Waals surface area contributed by atoms with Gasteiger partial charge in [0.2, 0.25) is 5.91 Å². The molecule has 3 rings (SSSR count). The van der Waals surface area contributed by atoms with E-state index < -0.39 is 23.1 Å². The van der Waals surface area contributed by atoms with Gasteiger partial charge in [-0.3, -0.25) is 9.59 Å². The number of benzene rings is 2. The zero-order chi connectivity index (χ0) is 17.1. The first-order valence-corrected chi connectivity index (χ1v) is 7.26. The second kappa shape index (κ2) is 6.57. The quantitative estimate of drug-likeness (QED) is 0.909. The SMILES string of the molecule is O=C1CCC(c2ccc(NC(=O)c3c(F)cccc3F)cc2)=NN1. The molecule has 0 fully saturated rings. The van der Waals surface area contributed by atoms with E-state index in [1.54, 1.807) is 24.3 Å². The Kier molecular flexibility index (Phi) is 4.33. The fraction of sp³-hybridized carbons (Fsp3) is 0.118. The zero-order valence-electron chi connectivity index (χ0n) is 12.5. The third-order valence-electron chi connectivity index (χ3n) is 3.57. The van der Waals surface area contributed by atoms with E-state index in [2.05, 4.69) is 15.8 Å². The standard InChI is InChI=1S/C17H13F2N3O2/c18-12-2-1-3-13(19)16(12)17(24)20-11-6-4-10(5-7-11)14-8-9-15(23)22-21-14/h1-7H,8-9H2,(H,20,24)(H,22,23). The molecular formula is C17H13F2N3O2. The second-order valence-corrected chi connectivity index (χ2v) is 5.22. The molecule has 2 aromatic rings. The number of hydrogen-bond donors (Lipinski definition) is 2. The molecule has 0 radical (unpaired) electrons. The maximum atomic E-state index is 13.6. The van der Waals surface area contributed by atoms with Gasteiger partial charge in [0, 0.05) is 18.5 Å². The summed E-state index contributed by atoms with van der Waals surface area (Å²) in [5.74, 6) is -2.83. The smallest absolute Gasteiger partial charge is 0.261 e. The summed E-state index contributed by atoms with van der Waals surface area (Å²) in [6.07, 6.45) is 0.891. The van der Waals surface area contributed by atoms with Crippen LogP contribution in [0.4, 0.5) is 14.5 Å². The van der Waals surface area contributed by atoms with Gasteiger partial charge in [-0.05, 0) is 29.8 Å². The molecule has 1 aliphatic rings. The van der Waals surface area contributed by atoms with Crippen LogP contribution in [0.5, 0.6) is 0 Å². The van der Waals surface area contributed by atoms with E-state index in [4.69, 9.17) is 0 Å². The van der Waals surface area contributed by atoms with E-state index >= 15 is 0 Å². The number of rotatable bonds is 3. The molecule has 1 aliphatic heterocycles. The van der Waals surface area contributed by atoms with Crippen molar-refractivity contribution in [1.29, 1.82) is 0 Å². The van der Waals surface area contributed by atoms with E-state index in [1.807, 2.05) is 0 Å². The van der Waals surface area contributed by atoms with Crippen molar-refractivity contribution < 1.29 is 18.4 Å². The van der Waals surface area contributed by atoms with Crippen LogP contribution in [-0.2, 0) is 4.79 Å². The average Bonchev–Trinajstić information content (AvgIpc) is 2.56. The maximum absolute atomic E-state index is 13.6. The Balaban J connectivity index is 1.75. The number of halogens is 2. The Labute approximate surface area is 136 Å². The van der Waals surface area contributed by atoms with Crippen molar-refractivity contribution in [3.8, 4) is 0 Å². The lowest BCUT2D eigenvalue weighted by Gasteiger charge is -2.13. The minimum Gasteiger partial charge on any atom is -0.322 e. The largest absolute Gasteiger partial charge is 0.322 e. The van der Waals surface area contributed by atoms with Crippen LogP contribution in [0.25, 0.3) is 0 Å². The predicted molar refractivity (Wildman–Crippen MR) is 84.7 cm³/mol. The summed E-state index contributed by atoms with van der Waals surface area (Å²) in [7, 11) is 0. The first kappa shape index (κ1) is 15.8. The van der Waals surface area contributed by atoms with E-state index in [9.17, 15) is 18.4 Å². The number of nitrogens with one attached hydrogen (secondary N) is 2. The van der Waals surface area contributed by atoms with Crippen molar-refractivity contribution in [2.45, 2.75) is 12.8 Å². The molecule has 1 heterocycles. The van der Waals surface area contributed by atoms with Crippen LogP contribution in [-0.4, -0.2) is 17.5 Å². The van der Waals surface area contributed by atoms with Gasteiger partial charge in [0.25, 0.3) is 5.91 Å². The molecule has 24 heavy (non-hydrogen) atoms. The van der Waals surface area contributed by atoms with Gasteiger partial charge in [0.15, 0.2) is 0 Å². The highest BCUT2D eigenvalue weighted by Gasteiger charge is 2.17. The summed E-state index contributed by atoms with van der Waals surface area (Å²) >= 11 is 0. The fourth-order valence-electron chi connectivity index (χ4n) is 2.34. The minimum atomic E-state index is -0.920. The molecule has 0 aliphatic carbocycles. The highest BCUT2D eigenvalue weighted by molar-refractivity contribution is 6.06. The summed E-state index contributed by atoms with van der Waals surface area (Å²) in [4.78, 5) is 23.1. The fourth-order valence-corrected chi connectivity index (χ4v) is 2.34. The lowest BCUT2D eigenvalue weighted by molar-refractivity contribution is -0.121. The molecule has 2 aromatic carbocycles. The van der Waals surface area contributed by atoms with Gasteiger partial charge in [-0.1, -0.05) is 18.2 Å². The predicted octanol–water partition coefficient (Wildman–Crippen LogP) is 2.83. The summed E-state index contributed by atoms with van der Waals surface area (Å²) < 4.78 is 27.2. The summed E-state index contributed by atoms with van der Waals surface area (Å²) in [6.45, 7) is 0. The van der Waals surface area contributed by atoms with Crippen LogP contribution in [0.3, 0.4) is 0 Å². The Morgan fingerprint density at radius 2 is 1.71 bits per heavy atom. The normalized spacial score (nSPS) is 13.9. The first-order chi connectivity index (χ1) is 11.5. The van der Waals surface area contributed by atoms with Gasteiger partial charge in [-0.25, -0.2) is 14.2 Å². The Bertz CT molecular complexity index is 812. The van der Waals surface area contributed by atoms with Gasteiger partial charge in [-0.2, -0.15) is 5.10 Å². The molecule has 0 aromatic heterocycles. The van der Waals surface area contributed by atoms with Crippen LogP contribution in [0.15, 0.2) is 47.6 Å². The van der Waals surface area contributed by atoms with E-state index in [-0.39, 0.29) is 5.91 Å². The lowest BCUT2D eigenvalue weighted by Crippen LogP contribution is -2.25. The molecule has 0 bridgehead atoms. The second-order valence-electron chi connectivity index (χ2n) is 5.22. The molecule has 7 heteroatoms. The van der Waals surface area contributed by atoms with Gasteiger partial charge >= 0.3 is 0 Å². The zero-order valence-corrected chi connectivity index (χ0v) is 12.5. The Morgan fingerprint density at radius 3 is 2.29 bits per heavy atom. The molecular weight excluding hydrogens is 316 g/mol. The molecule has 0 unspecified atom stereocenters. The maximum Gasteiger partial charge on any atom is 0.261 e. The first-order valence-electron chi connectivity index (χ1n) is 7.26. The number of anilines is 1. The third kappa shape index (κ3) is 3.29. The van der Waals surface area contributed by atoms with Gasteiger partial charge in [0.05, 0.1) is 5.71 Å². The van der Waals surface area contributed by atoms with Gasteiger partial charge in [0.1, 0.15) is 17.2 Å². The van der Waals surface area contributed by atoms with Crippen molar-refractivity contribution in [3.63, 3.8) is 0 Å². The Morgan fingerprint density at radius 1 is 1.04 bits per heavy atom. The van der Waals surface area contributed by atoms with E-state index in [0.717, 1.165) is 23.4 Å². The van der Waals surface area contributed by atoms with Gasteiger partial charge < -0.3 is 5.32 Å². The highest BCUT2D eigenvalue weighted by atomic mass is 19.1. The van der Waals surface area contributed by atoms with Crippen molar-refractivity contribution in [3.05, 3.63) is 65.2 Å². The molecule has 122 valence electrons. The number of hydrazone groups is 1. The average molecular weight is 329 g/mol. The minimum absolute atomic E-state index is 0.130. The molecule has 2 N–H and O–H groups in total. The molecule has 0 spiro atoms. The van der Waals surface area contributed by atoms with Crippen molar-refractivity contribution >= 4 is 23.2 Å². The summed E-state index contributed by atoms with van der Waals surface area (Å²) in [5, 5.41) is 6.42.